The summed E-state index contributed by atoms with van der Waals surface area (Å²) < 4.78 is 10.7. The van der Waals surface area contributed by atoms with Crippen LogP contribution in [0.3, 0.4) is 0 Å². The Morgan fingerprint density at radius 2 is 1.86 bits per heavy atom. The third kappa shape index (κ3) is 5.92. The fraction of sp³-hybridized carbons (Fsp3) is 0.500. The number of nitro benzene ring substituents is 1. The van der Waals surface area contributed by atoms with E-state index in [4.69, 9.17) is 8.85 Å². The lowest BCUT2D eigenvalue weighted by Gasteiger charge is -2.22. The predicted octanol–water partition coefficient (Wildman–Crippen LogP) is 2.01. The smallest absolute Gasteiger partial charge is 0.334 e. The molecule has 0 saturated heterocycles. The Bertz CT molecular complexity index is 502. The summed E-state index contributed by atoms with van der Waals surface area (Å²) in [7, 11) is 1.21. The Labute approximate surface area is 131 Å². The molecule has 1 N–H and O–H groups in total. The van der Waals surface area contributed by atoms with Crippen LogP contribution in [0.25, 0.3) is 0 Å². The van der Waals surface area contributed by atoms with Crippen molar-refractivity contribution in [1.82, 2.24) is 5.32 Å². The Morgan fingerprint density at radius 3 is 2.36 bits per heavy atom. The molecule has 8 heteroatoms. The molecule has 0 aliphatic heterocycles. The highest BCUT2D eigenvalue weighted by molar-refractivity contribution is 6.65. The zero-order valence-electron chi connectivity index (χ0n) is 13.1. The lowest BCUT2D eigenvalue weighted by Crippen LogP contribution is -2.37. The van der Waals surface area contributed by atoms with Crippen LogP contribution < -0.4 is 5.32 Å². The molecule has 7 nitrogen and oxygen atoms in total. The number of nitro groups is 1. The second-order valence-electron chi connectivity index (χ2n) is 5.10. The molecule has 0 atom stereocenters. The summed E-state index contributed by atoms with van der Waals surface area (Å²) in [6.45, 7) is 2.53. The molecule has 0 aromatic heterocycles. The molecule has 1 aromatic carbocycles. The summed E-state index contributed by atoms with van der Waals surface area (Å²) >= 11 is 0. The highest BCUT2D eigenvalue weighted by Crippen LogP contribution is 2.13. The molecular weight excluding hydrogens is 304 g/mol. The number of nitrogens with zero attached hydrogens (tertiary/aromatic N) is 1. The van der Waals surface area contributed by atoms with Crippen molar-refractivity contribution < 1.29 is 18.6 Å². The van der Waals surface area contributed by atoms with E-state index in [1.54, 1.807) is 26.4 Å². The van der Waals surface area contributed by atoms with Crippen molar-refractivity contribution in [3.8, 4) is 0 Å². The van der Waals surface area contributed by atoms with E-state index in [0.29, 0.717) is 6.54 Å². The summed E-state index contributed by atoms with van der Waals surface area (Å²) in [5.41, 5.74) is 0.767. The van der Waals surface area contributed by atoms with Crippen LogP contribution in [-0.2, 0) is 20.1 Å². The third-order valence-electron chi connectivity index (χ3n) is 3.51. The van der Waals surface area contributed by atoms with E-state index in [0.717, 1.165) is 18.0 Å². The van der Waals surface area contributed by atoms with Crippen molar-refractivity contribution in [2.75, 3.05) is 20.8 Å². The van der Waals surface area contributed by atoms with Gasteiger partial charge in [0.2, 0.25) is 5.91 Å². The van der Waals surface area contributed by atoms with Gasteiger partial charge in [0, 0.05) is 32.9 Å². The van der Waals surface area contributed by atoms with Crippen molar-refractivity contribution in [3.63, 3.8) is 0 Å². The first-order valence-electron chi connectivity index (χ1n) is 7.00. The Hall–Kier alpha value is -1.77. The average molecular weight is 326 g/mol. The first-order chi connectivity index (χ1) is 10.4. The average Bonchev–Trinajstić information content (AvgIpc) is 2.52. The number of hydrogen-bond donors (Lipinski definition) is 1. The number of rotatable bonds is 9. The minimum absolute atomic E-state index is 0.0209. The van der Waals surface area contributed by atoms with Gasteiger partial charge in [-0.3, -0.25) is 14.9 Å². The van der Waals surface area contributed by atoms with E-state index in [1.807, 2.05) is 6.55 Å². The first-order valence-corrected chi connectivity index (χ1v) is 9.53. The molecule has 0 saturated carbocycles. The molecule has 1 aromatic rings. The maximum Gasteiger partial charge on any atom is 0.334 e. The summed E-state index contributed by atoms with van der Waals surface area (Å²) in [5, 5.41) is 13.4. The second kappa shape index (κ2) is 8.62. The van der Waals surface area contributed by atoms with E-state index in [1.165, 1.54) is 12.1 Å². The van der Waals surface area contributed by atoms with Crippen molar-refractivity contribution in [2.24, 2.45) is 0 Å². The van der Waals surface area contributed by atoms with Gasteiger partial charge < -0.3 is 14.2 Å². The summed E-state index contributed by atoms with van der Waals surface area (Å²) in [5.74, 6) is -0.105. The predicted molar refractivity (Wildman–Crippen MR) is 84.9 cm³/mol. The largest absolute Gasteiger partial charge is 0.398 e. The molecule has 0 radical (unpaired) electrons. The fourth-order valence-corrected chi connectivity index (χ4v) is 3.30. The molecule has 0 bridgehead atoms. The normalized spacial score (nSPS) is 11.2. The Balaban J connectivity index is 2.33. The van der Waals surface area contributed by atoms with Gasteiger partial charge in [0.25, 0.3) is 5.69 Å². The van der Waals surface area contributed by atoms with E-state index in [9.17, 15) is 14.9 Å². The zero-order chi connectivity index (χ0) is 16.6. The lowest BCUT2D eigenvalue weighted by molar-refractivity contribution is -0.384. The molecule has 0 aliphatic carbocycles. The van der Waals surface area contributed by atoms with E-state index >= 15 is 0 Å². The highest BCUT2D eigenvalue weighted by Gasteiger charge is 2.27. The molecule has 0 fully saturated rings. The zero-order valence-corrected chi connectivity index (χ0v) is 14.1. The summed E-state index contributed by atoms with van der Waals surface area (Å²) in [6, 6.07) is 6.79. The number of hydrogen-bond acceptors (Lipinski definition) is 5. The molecule has 0 spiro atoms. The topological polar surface area (TPSA) is 90.7 Å². The second-order valence-corrected chi connectivity index (χ2v) is 8.68. The van der Waals surface area contributed by atoms with Crippen LogP contribution in [0, 0.1) is 10.1 Å². The minimum Gasteiger partial charge on any atom is -0.398 e. The SMILES string of the molecule is CO[Si](C)(CCCNC(=O)Cc1ccc([N+](=O)[O-])cc1)OC. The van der Waals surface area contributed by atoms with Crippen LogP contribution in [0.2, 0.25) is 12.6 Å². The van der Waals surface area contributed by atoms with Gasteiger partial charge in [0.05, 0.1) is 11.3 Å². The van der Waals surface area contributed by atoms with Crippen LogP contribution >= 0.6 is 0 Å². The van der Waals surface area contributed by atoms with Crippen molar-refractivity contribution in [2.45, 2.75) is 25.4 Å². The lowest BCUT2D eigenvalue weighted by atomic mass is 10.1. The monoisotopic (exact) mass is 326 g/mol. The van der Waals surface area contributed by atoms with Crippen molar-refractivity contribution in [1.29, 1.82) is 0 Å². The number of carbonyl (C=O) groups excluding carboxylic acids is 1. The van der Waals surface area contributed by atoms with Gasteiger partial charge in [-0.1, -0.05) is 12.1 Å². The standard InChI is InChI=1S/C14H22N2O5Si/c1-20-22(3,21-2)10-4-9-15-14(17)11-12-5-7-13(8-6-12)16(18)19/h5-8H,4,9-11H2,1-3H3,(H,15,17). The fourth-order valence-electron chi connectivity index (χ4n) is 1.91. The van der Waals surface area contributed by atoms with E-state index in [-0.39, 0.29) is 18.0 Å². The molecule has 0 unspecified atom stereocenters. The minimum atomic E-state index is -2.08. The van der Waals surface area contributed by atoms with Crippen molar-refractivity contribution in [3.05, 3.63) is 39.9 Å². The van der Waals surface area contributed by atoms with Crippen LogP contribution in [0.15, 0.2) is 24.3 Å². The van der Waals surface area contributed by atoms with Gasteiger partial charge in [0.15, 0.2) is 0 Å². The summed E-state index contributed by atoms with van der Waals surface area (Å²) in [4.78, 5) is 21.9. The Morgan fingerprint density at radius 1 is 1.27 bits per heavy atom. The highest BCUT2D eigenvalue weighted by atomic mass is 28.4. The molecule has 22 heavy (non-hydrogen) atoms. The van der Waals surface area contributed by atoms with Crippen LogP contribution in [0.4, 0.5) is 5.69 Å². The molecule has 0 aliphatic rings. The Kier molecular flexibility index (Phi) is 7.16. The van der Waals surface area contributed by atoms with Crippen LogP contribution in [-0.4, -0.2) is 40.2 Å². The summed E-state index contributed by atoms with van der Waals surface area (Å²) in [6.07, 6.45) is 0.998. The van der Waals surface area contributed by atoms with Gasteiger partial charge in [-0.15, -0.1) is 0 Å². The molecule has 0 heterocycles. The van der Waals surface area contributed by atoms with Gasteiger partial charge in [-0.05, 0) is 24.6 Å². The molecule has 122 valence electrons. The molecule has 1 rings (SSSR count). The van der Waals surface area contributed by atoms with Crippen LogP contribution in [0.1, 0.15) is 12.0 Å². The van der Waals surface area contributed by atoms with Gasteiger partial charge in [-0.25, -0.2) is 0 Å². The third-order valence-corrected chi connectivity index (χ3v) is 6.49. The van der Waals surface area contributed by atoms with Gasteiger partial charge >= 0.3 is 8.56 Å². The van der Waals surface area contributed by atoms with E-state index < -0.39 is 13.5 Å². The first kappa shape index (κ1) is 18.3. The number of nitrogens with one attached hydrogen (secondary N) is 1. The van der Waals surface area contributed by atoms with Gasteiger partial charge in [-0.2, -0.15) is 0 Å². The number of benzene rings is 1. The number of carbonyl (C=O) groups is 1. The number of non-ortho nitro benzene ring substituents is 1. The number of amides is 1. The maximum absolute atomic E-state index is 11.8. The van der Waals surface area contributed by atoms with Gasteiger partial charge in [0.1, 0.15) is 0 Å². The van der Waals surface area contributed by atoms with E-state index in [2.05, 4.69) is 5.32 Å². The molecular formula is C14H22N2O5Si. The van der Waals surface area contributed by atoms with Crippen molar-refractivity contribution >= 4 is 20.2 Å². The van der Waals surface area contributed by atoms with Crippen LogP contribution in [0.5, 0.6) is 0 Å². The quantitative estimate of drug-likeness (QED) is 0.324. The molecule has 1 amide bonds. The maximum atomic E-state index is 11.8.